The van der Waals surface area contributed by atoms with E-state index in [1.165, 1.54) is 44.9 Å². The smallest absolute Gasteiger partial charge is 0.222 e. The van der Waals surface area contributed by atoms with Crippen LogP contribution in [0.5, 0.6) is 0 Å². The van der Waals surface area contributed by atoms with Gasteiger partial charge >= 0.3 is 0 Å². The molecule has 0 N–H and O–H groups in total. The third kappa shape index (κ3) is 4.09. The fraction of sp³-hybridized carbons (Fsp3) is 0.824. The summed E-state index contributed by atoms with van der Waals surface area (Å²) in [6.07, 6.45) is 13.6. The van der Waals surface area contributed by atoms with Crippen LogP contribution in [0.2, 0.25) is 0 Å². The Morgan fingerprint density at radius 2 is 2.05 bits per heavy atom. The van der Waals surface area contributed by atoms with E-state index in [1.807, 2.05) is 11.9 Å². The molecule has 1 fully saturated rings. The normalized spacial score (nSPS) is 27.8. The number of carbonyl (C=O) groups excluding carboxylic acids is 1. The molecule has 2 aliphatic rings. The van der Waals surface area contributed by atoms with Crippen LogP contribution in [0, 0.1) is 11.8 Å². The number of likely N-dealkylation sites (tertiary alicyclic amines) is 1. The van der Waals surface area contributed by atoms with Crippen LogP contribution in [0.25, 0.3) is 0 Å². The number of fused-ring (bicyclic) bond motifs is 1. The Labute approximate surface area is 118 Å². The Morgan fingerprint density at radius 1 is 1.21 bits per heavy atom. The van der Waals surface area contributed by atoms with Crippen LogP contribution in [0.1, 0.15) is 64.7 Å². The zero-order chi connectivity index (χ0) is 13.7. The van der Waals surface area contributed by atoms with Crippen molar-refractivity contribution in [3.8, 4) is 0 Å². The van der Waals surface area contributed by atoms with Gasteiger partial charge in [0.1, 0.15) is 0 Å². The van der Waals surface area contributed by atoms with Crippen LogP contribution in [0.3, 0.4) is 0 Å². The van der Waals surface area contributed by atoms with E-state index in [0.29, 0.717) is 11.8 Å². The van der Waals surface area contributed by atoms with E-state index in [4.69, 9.17) is 0 Å². The average Bonchev–Trinajstić information content (AvgIpc) is 2.55. The highest BCUT2D eigenvalue weighted by Gasteiger charge is 2.30. The van der Waals surface area contributed by atoms with Crippen LogP contribution in [-0.2, 0) is 4.79 Å². The lowest BCUT2D eigenvalue weighted by molar-refractivity contribution is -0.129. The van der Waals surface area contributed by atoms with Gasteiger partial charge in [0, 0.05) is 20.0 Å². The van der Waals surface area contributed by atoms with Gasteiger partial charge in [-0.15, -0.1) is 0 Å². The molecule has 2 unspecified atom stereocenters. The summed E-state index contributed by atoms with van der Waals surface area (Å²) in [5.41, 5.74) is 1.68. The van der Waals surface area contributed by atoms with Gasteiger partial charge in [0.25, 0.3) is 0 Å². The molecule has 0 spiro atoms. The second-order valence-corrected chi connectivity index (χ2v) is 6.41. The monoisotopic (exact) mass is 263 g/mol. The Balaban J connectivity index is 1.87. The zero-order valence-electron chi connectivity index (χ0n) is 12.7. The number of allylic oxidation sites excluding steroid dienone is 2. The van der Waals surface area contributed by atoms with Gasteiger partial charge < -0.3 is 4.90 Å². The fourth-order valence-corrected chi connectivity index (χ4v) is 3.57. The first kappa shape index (κ1) is 14.6. The molecule has 0 saturated carbocycles. The van der Waals surface area contributed by atoms with E-state index in [9.17, 15) is 4.79 Å². The maximum Gasteiger partial charge on any atom is 0.222 e. The molecule has 2 heteroatoms. The molecular weight excluding hydrogens is 234 g/mol. The molecule has 1 aliphatic carbocycles. The van der Waals surface area contributed by atoms with Gasteiger partial charge in [-0.3, -0.25) is 4.79 Å². The van der Waals surface area contributed by atoms with Crippen LogP contribution in [0.4, 0.5) is 0 Å². The highest BCUT2D eigenvalue weighted by molar-refractivity contribution is 5.76. The molecular formula is C17H29NO. The summed E-state index contributed by atoms with van der Waals surface area (Å²) in [6.45, 7) is 3.24. The standard InChI is InChI=1S/C17H29NO/c1-3-4-5-6-7-14-8-9-16-13-18(2)17(19)11-10-15(16)12-14/h12,15-16H,3-11,13H2,1-2H3. The van der Waals surface area contributed by atoms with Gasteiger partial charge in [-0.1, -0.05) is 37.8 Å². The fourth-order valence-electron chi connectivity index (χ4n) is 3.57. The van der Waals surface area contributed by atoms with Crippen molar-refractivity contribution >= 4 is 5.91 Å². The van der Waals surface area contributed by atoms with Gasteiger partial charge in [0.15, 0.2) is 0 Å². The van der Waals surface area contributed by atoms with Crippen molar-refractivity contribution in [2.75, 3.05) is 13.6 Å². The SMILES string of the molecule is CCCCCCC1=CC2CCC(=O)N(C)CC2CC1. The lowest BCUT2D eigenvalue weighted by Gasteiger charge is -2.30. The Kier molecular flexibility index (Phi) is 5.47. The first-order valence-electron chi connectivity index (χ1n) is 8.14. The molecule has 108 valence electrons. The quantitative estimate of drug-likeness (QED) is 0.538. The second kappa shape index (κ2) is 7.12. The van der Waals surface area contributed by atoms with Gasteiger partial charge in [0.05, 0.1) is 0 Å². The molecule has 2 rings (SSSR count). The van der Waals surface area contributed by atoms with Crippen LogP contribution >= 0.6 is 0 Å². The number of nitrogens with zero attached hydrogens (tertiary/aromatic N) is 1. The molecule has 1 amide bonds. The van der Waals surface area contributed by atoms with Crippen molar-refractivity contribution in [3.05, 3.63) is 11.6 Å². The maximum atomic E-state index is 11.8. The molecule has 1 saturated heterocycles. The van der Waals surface area contributed by atoms with Crippen molar-refractivity contribution in [3.63, 3.8) is 0 Å². The van der Waals surface area contributed by atoms with E-state index in [0.717, 1.165) is 25.3 Å². The number of rotatable bonds is 5. The Bertz CT molecular complexity index is 334. The molecule has 2 nitrogen and oxygen atoms in total. The van der Waals surface area contributed by atoms with Gasteiger partial charge in [-0.25, -0.2) is 0 Å². The summed E-state index contributed by atoms with van der Waals surface area (Å²) in [6, 6.07) is 0. The topological polar surface area (TPSA) is 20.3 Å². The minimum atomic E-state index is 0.340. The zero-order valence-corrected chi connectivity index (χ0v) is 12.7. The molecule has 1 aliphatic heterocycles. The minimum absolute atomic E-state index is 0.340. The van der Waals surface area contributed by atoms with Crippen LogP contribution in [-0.4, -0.2) is 24.4 Å². The predicted molar refractivity (Wildman–Crippen MR) is 79.9 cm³/mol. The summed E-state index contributed by atoms with van der Waals surface area (Å²) >= 11 is 0. The number of carbonyl (C=O) groups is 1. The predicted octanol–water partition coefficient (Wildman–Crippen LogP) is 4.16. The molecule has 0 radical (unpaired) electrons. The molecule has 1 heterocycles. The van der Waals surface area contributed by atoms with E-state index in [1.54, 1.807) is 5.57 Å². The highest BCUT2D eigenvalue weighted by Crippen LogP contribution is 2.36. The summed E-state index contributed by atoms with van der Waals surface area (Å²) in [4.78, 5) is 13.7. The number of amides is 1. The second-order valence-electron chi connectivity index (χ2n) is 6.41. The molecule has 0 aromatic carbocycles. The highest BCUT2D eigenvalue weighted by atomic mass is 16.2. The first-order valence-corrected chi connectivity index (χ1v) is 8.14. The lowest BCUT2D eigenvalue weighted by atomic mass is 9.78. The molecule has 0 aromatic heterocycles. The Morgan fingerprint density at radius 3 is 2.84 bits per heavy atom. The third-order valence-corrected chi connectivity index (χ3v) is 4.87. The molecule has 19 heavy (non-hydrogen) atoms. The van der Waals surface area contributed by atoms with Crippen molar-refractivity contribution < 1.29 is 4.79 Å². The Hall–Kier alpha value is -0.790. The summed E-state index contributed by atoms with van der Waals surface area (Å²) < 4.78 is 0. The van der Waals surface area contributed by atoms with Crippen LogP contribution < -0.4 is 0 Å². The number of unbranched alkanes of at least 4 members (excludes halogenated alkanes) is 3. The lowest BCUT2D eigenvalue weighted by Crippen LogP contribution is -2.31. The molecule has 2 atom stereocenters. The van der Waals surface area contributed by atoms with E-state index in [2.05, 4.69) is 13.0 Å². The van der Waals surface area contributed by atoms with E-state index >= 15 is 0 Å². The van der Waals surface area contributed by atoms with E-state index in [-0.39, 0.29) is 0 Å². The first-order chi connectivity index (χ1) is 9.20. The average molecular weight is 263 g/mol. The number of hydrogen-bond acceptors (Lipinski definition) is 1. The van der Waals surface area contributed by atoms with Crippen LogP contribution in [0.15, 0.2) is 11.6 Å². The van der Waals surface area contributed by atoms with Crippen molar-refractivity contribution in [2.24, 2.45) is 11.8 Å². The van der Waals surface area contributed by atoms with Gasteiger partial charge in [0.2, 0.25) is 5.91 Å². The van der Waals surface area contributed by atoms with Crippen molar-refractivity contribution in [1.29, 1.82) is 0 Å². The van der Waals surface area contributed by atoms with Crippen molar-refractivity contribution in [1.82, 2.24) is 4.90 Å². The summed E-state index contributed by atoms with van der Waals surface area (Å²) in [7, 11) is 1.97. The molecule has 0 aromatic rings. The third-order valence-electron chi connectivity index (χ3n) is 4.87. The molecule has 0 bridgehead atoms. The maximum absolute atomic E-state index is 11.8. The van der Waals surface area contributed by atoms with E-state index < -0.39 is 0 Å². The largest absolute Gasteiger partial charge is 0.345 e. The minimum Gasteiger partial charge on any atom is -0.345 e. The number of hydrogen-bond donors (Lipinski definition) is 0. The van der Waals surface area contributed by atoms with Gasteiger partial charge in [-0.05, 0) is 43.9 Å². The van der Waals surface area contributed by atoms with Gasteiger partial charge in [-0.2, -0.15) is 0 Å². The summed E-state index contributed by atoms with van der Waals surface area (Å²) in [5.74, 6) is 1.73. The summed E-state index contributed by atoms with van der Waals surface area (Å²) in [5, 5.41) is 0. The van der Waals surface area contributed by atoms with Crippen molar-refractivity contribution in [2.45, 2.75) is 64.7 Å².